The number of allylic oxidation sites excluding steroid dienone is 1. The van der Waals surface area contributed by atoms with Gasteiger partial charge in [0.05, 0.1) is 6.61 Å². The summed E-state index contributed by atoms with van der Waals surface area (Å²) in [6.07, 6.45) is 1.86. The molecule has 75 valence electrons. The molecule has 1 aromatic carbocycles. The fraction of sp³-hybridized carbons (Fsp3) is 0.250. The van der Waals surface area contributed by atoms with E-state index in [4.69, 9.17) is 4.74 Å². The van der Waals surface area contributed by atoms with Gasteiger partial charge in [-0.1, -0.05) is 13.0 Å². The van der Waals surface area contributed by atoms with Crippen LogP contribution in [0.15, 0.2) is 30.9 Å². The smallest absolute Gasteiger partial charge is 0.120 e. The molecule has 0 bridgehead atoms. The van der Waals surface area contributed by atoms with Crippen molar-refractivity contribution >= 4 is 22.6 Å². The lowest BCUT2D eigenvalue weighted by molar-refractivity contribution is 0.340. The van der Waals surface area contributed by atoms with E-state index < -0.39 is 0 Å². The topological polar surface area (TPSA) is 9.23 Å². The van der Waals surface area contributed by atoms with E-state index in [1.807, 2.05) is 32.1 Å². The van der Waals surface area contributed by atoms with Crippen LogP contribution in [0.3, 0.4) is 0 Å². The fourth-order valence-electron chi connectivity index (χ4n) is 1.16. The fourth-order valence-corrected chi connectivity index (χ4v) is 1.80. The first-order valence-corrected chi connectivity index (χ1v) is 5.65. The third-order valence-electron chi connectivity index (χ3n) is 1.94. The van der Waals surface area contributed by atoms with E-state index in [9.17, 15) is 0 Å². The Bertz CT molecular complexity index is 320. The largest absolute Gasteiger partial charge is 0.494 e. The maximum absolute atomic E-state index is 5.47. The van der Waals surface area contributed by atoms with Gasteiger partial charge in [0.15, 0.2) is 0 Å². The van der Waals surface area contributed by atoms with Crippen molar-refractivity contribution in [2.45, 2.75) is 13.8 Å². The number of benzene rings is 1. The van der Waals surface area contributed by atoms with Crippen molar-refractivity contribution < 1.29 is 4.74 Å². The van der Waals surface area contributed by atoms with Crippen LogP contribution in [0.4, 0.5) is 0 Å². The number of ether oxygens (including phenoxy) is 1. The molecule has 0 heterocycles. The van der Waals surface area contributed by atoms with Gasteiger partial charge in [-0.05, 0) is 53.3 Å². The van der Waals surface area contributed by atoms with Crippen LogP contribution in [-0.4, -0.2) is 6.61 Å². The second-order valence-electron chi connectivity index (χ2n) is 3.00. The van der Waals surface area contributed by atoms with Crippen molar-refractivity contribution in [3.8, 4) is 5.75 Å². The van der Waals surface area contributed by atoms with Gasteiger partial charge in [0.1, 0.15) is 5.75 Å². The molecule has 0 atom stereocenters. The number of rotatable bonds is 4. The molecule has 1 radical (unpaired) electrons. The third kappa shape index (κ3) is 3.01. The van der Waals surface area contributed by atoms with Crippen LogP contribution >= 0.6 is 22.6 Å². The standard InChI is InChI=1S/C12H14IO/c1-4-9(3)10-6-11(13)8-12(7-10)14-5-2/h4,6-8H,1,5H2,2-3H3. The quantitative estimate of drug-likeness (QED) is 0.768. The van der Waals surface area contributed by atoms with Crippen molar-refractivity contribution in [3.63, 3.8) is 0 Å². The maximum Gasteiger partial charge on any atom is 0.120 e. The van der Waals surface area contributed by atoms with Crippen molar-refractivity contribution in [2.24, 2.45) is 0 Å². The predicted molar refractivity (Wildman–Crippen MR) is 68.5 cm³/mol. The molecule has 0 N–H and O–H groups in total. The van der Waals surface area contributed by atoms with Crippen molar-refractivity contribution in [1.82, 2.24) is 0 Å². The van der Waals surface area contributed by atoms with E-state index >= 15 is 0 Å². The van der Waals surface area contributed by atoms with E-state index in [1.54, 1.807) is 0 Å². The van der Waals surface area contributed by atoms with Crippen LogP contribution in [0, 0.1) is 9.49 Å². The average molecular weight is 301 g/mol. The molecule has 0 unspecified atom stereocenters. The zero-order chi connectivity index (χ0) is 10.6. The third-order valence-corrected chi connectivity index (χ3v) is 2.57. The Labute approximate surface area is 99.3 Å². The van der Waals surface area contributed by atoms with Gasteiger partial charge in [-0.15, -0.1) is 6.58 Å². The summed E-state index contributed by atoms with van der Waals surface area (Å²) >= 11 is 2.29. The molecule has 1 nitrogen and oxygen atoms in total. The molecule has 0 aliphatic heterocycles. The molecule has 0 aliphatic rings. The highest BCUT2D eigenvalue weighted by atomic mass is 127. The average Bonchev–Trinajstić information content (AvgIpc) is 2.16. The Balaban J connectivity index is 3.00. The molecule has 0 aromatic heterocycles. The first kappa shape index (κ1) is 11.6. The Morgan fingerprint density at radius 2 is 2.21 bits per heavy atom. The van der Waals surface area contributed by atoms with E-state index in [2.05, 4.69) is 35.2 Å². The summed E-state index contributed by atoms with van der Waals surface area (Å²) in [5.41, 5.74) is 1.18. The van der Waals surface area contributed by atoms with Gasteiger partial charge in [0.25, 0.3) is 0 Å². The van der Waals surface area contributed by atoms with Gasteiger partial charge in [-0.25, -0.2) is 0 Å². The van der Waals surface area contributed by atoms with Gasteiger partial charge in [0.2, 0.25) is 0 Å². The minimum atomic E-state index is 0.701. The second-order valence-corrected chi connectivity index (χ2v) is 4.24. The number of hydrogen-bond donors (Lipinski definition) is 0. The van der Waals surface area contributed by atoms with Crippen LogP contribution in [0.25, 0.3) is 0 Å². The van der Waals surface area contributed by atoms with Crippen LogP contribution in [0.1, 0.15) is 19.4 Å². The van der Waals surface area contributed by atoms with Crippen LogP contribution in [0.2, 0.25) is 0 Å². The van der Waals surface area contributed by atoms with E-state index in [0.717, 1.165) is 5.75 Å². The zero-order valence-corrected chi connectivity index (χ0v) is 10.7. The summed E-state index contributed by atoms with van der Waals surface area (Å²) in [5, 5.41) is 0. The first-order chi connectivity index (χ1) is 6.67. The molecular weight excluding hydrogens is 287 g/mol. The molecule has 1 rings (SSSR count). The molecule has 14 heavy (non-hydrogen) atoms. The molecular formula is C12H14IO. The van der Waals surface area contributed by atoms with E-state index in [1.165, 1.54) is 15.1 Å². The van der Waals surface area contributed by atoms with Crippen molar-refractivity contribution in [3.05, 3.63) is 45.9 Å². The van der Waals surface area contributed by atoms with Crippen molar-refractivity contribution in [1.29, 1.82) is 0 Å². The molecule has 0 saturated carbocycles. The van der Waals surface area contributed by atoms with Gasteiger partial charge in [0, 0.05) is 9.49 Å². The molecule has 2 heteroatoms. The highest BCUT2D eigenvalue weighted by molar-refractivity contribution is 14.1. The maximum atomic E-state index is 5.47. The second kappa shape index (κ2) is 5.39. The van der Waals surface area contributed by atoms with Gasteiger partial charge >= 0.3 is 0 Å². The molecule has 1 aromatic rings. The van der Waals surface area contributed by atoms with Crippen molar-refractivity contribution in [2.75, 3.05) is 6.61 Å². The van der Waals surface area contributed by atoms with Gasteiger partial charge < -0.3 is 4.74 Å². The van der Waals surface area contributed by atoms with E-state index in [-0.39, 0.29) is 0 Å². The highest BCUT2D eigenvalue weighted by Crippen LogP contribution is 2.24. The highest BCUT2D eigenvalue weighted by Gasteiger charge is 2.05. The zero-order valence-electron chi connectivity index (χ0n) is 8.51. The SMILES string of the molecule is C=C[C](C)c1cc(I)cc(OCC)c1. The number of halogens is 1. The van der Waals surface area contributed by atoms with Gasteiger partial charge in [-0.3, -0.25) is 0 Å². The van der Waals surface area contributed by atoms with Crippen LogP contribution < -0.4 is 4.74 Å². The lowest BCUT2D eigenvalue weighted by Crippen LogP contribution is -1.96. The number of hydrogen-bond acceptors (Lipinski definition) is 1. The molecule has 0 aliphatic carbocycles. The first-order valence-electron chi connectivity index (χ1n) is 4.57. The molecule has 0 amide bonds. The Hall–Kier alpha value is -0.510. The minimum absolute atomic E-state index is 0.701. The Morgan fingerprint density at radius 1 is 1.50 bits per heavy atom. The summed E-state index contributed by atoms with van der Waals surface area (Å²) in [6, 6.07) is 6.20. The summed E-state index contributed by atoms with van der Waals surface area (Å²) < 4.78 is 6.65. The predicted octanol–water partition coefficient (Wildman–Crippen LogP) is 3.82. The Morgan fingerprint density at radius 3 is 2.79 bits per heavy atom. The normalized spacial score (nSPS) is 10.3. The summed E-state index contributed by atoms with van der Waals surface area (Å²) in [6.45, 7) is 8.50. The van der Waals surface area contributed by atoms with Crippen LogP contribution in [-0.2, 0) is 0 Å². The van der Waals surface area contributed by atoms with E-state index in [0.29, 0.717) is 6.61 Å². The minimum Gasteiger partial charge on any atom is -0.494 e. The summed E-state index contributed by atoms with van der Waals surface area (Å²) in [7, 11) is 0. The van der Waals surface area contributed by atoms with Gasteiger partial charge in [-0.2, -0.15) is 0 Å². The monoisotopic (exact) mass is 301 g/mol. The lowest BCUT2D eigenvalue weighted by Gasteiger charge is -2.10. The summed E-state index contributed by atoms with van der Waals surface area (Å²) in [5.74, 6) is 2.10. The Kier molecular flexibility index (Phi) is 4.45. The molecule has 0 fully saturated rings. The summed E-state index contributed by atoms with van der Waals surface area (Å²) in [4.78, 5) is 0. The van der Waals surface area contributed by atoms with Crippen LogP contribution in [0.5, 0.6) is 5.75 Å². The molecule has 0 spiro atoms. The lowest BCUT2D eigenvalue weighted by atomic mass is 10.0. The molecule has 0 saturated heterocycles.